The molecule has 0 radical (unpaired) electrons. The summed E-state index contributed by atoms with van der Waals surface area (Å²) < 4.78 is 13.7. The molecule has 1 fully saturated rings. The number of carbonyl (C=O) groups is 1. The Balaban J connectivity index is 1.97. The van der Waals surface area contributed by atoms with Crippen LogP contribution >= 0.6 is 15.9 Å². The van der Waals surface area contributed by atoms with Gasteiger partial charge in [0.25, 0.3) is 5.91 Å². The van der Waals surface area contributed by atoms with Gasteiger partial charge >= 0.3 is 0 Å². The van der Waals surface area contributed by atoms with E-state index in [1.54, 1.807) is 12.1 Å². The normalized spacial score (nSPS) is 17.7. The van der Waals surface area contributed by atoms with Crippen LogP contribution < -0.4 is 5.32 Å². The maximum Gasteiger partial charge on any atom is 0.251 e. The summed E-state index contributed by atoms with van der Waals surface area (Å²) in [7, 11) is 2.07. The van der Waals surface area contributed by atoms with Gasteiger partial charge < -0.3 is 10.2 Å². The third-order valence-electron chi connectivity index (χ3n) is 3.24. The zero-order valence-corrected chi connectivity index (χ0v) is 11.8. The van der Waals surface area contributed by atoms with E-state index >= 15 is 0 Å². The second kappa shape index (κ2) is 5.80. The highest BCUT2D eigenvalue weighted by atomic mass is 79.9. The zero-order chi connectivity index (χ0) is 13.1. The van der Waals surface area contributed by atoms with Crippen LogP contribution in [-0.4, -0.2) is 37.0 Å². The first kappa shape index (κ1) is 13.5. The van der Waals surface area contributed by atoms with Crippen molar-refractivity contribution in [1.82, 2.24) is 10.2 Å². The Morgan fingerprint density at radius 2 is 2.11 bits per heavy atom. The predicted molar refractivity (Wildman–Crippen MR) is 72.1 cm³/mol. The smallest absolute Gasteiger partial charge is 0.251 e. The summed E-state index contributed by atoms with van der Waals surface area (Å²) in [5, 5.41) is 2.95. The average molecular weight is 315 g/mol. The number of rotatable bonds is 2. The van der Waals surface area contributed by atoms with Crippen molar-refractivity contribution in [3.8, 4) is 0 Å². The monoisotopic (exact) mass is 314 g/mol. The lowest BCUT2D eigenvalue weighted by molar-refractivity contribution is 0.0916. The van der Waals surface area contributed by atoms with Crippen molar-refractivity contribution in [2.45, 2.75) is 18.9 Å². The number of amides is 1. The van der Waals surface area contributed by atoms with Crippen LogP contribution in [-0.2, 0) is 0 Å². The van der Waals surface area contributed by atoms with E-state index in [2.05, 4.69) is 33.2 Å². The number of hydrogen-bond donors (Lipinski definition) is 1. The van der Waals surface area contributed by atoms with Crippen LogP contribution in [0, 0.1) is 5.82 Å². The summed E-state index contributed by atoms with van der Waals surface area (Å²) in [5.41, 5.74) is 0.370. The number of nitrogens with one attached hydrogen (secondary N) is 1. The second-order valence-corrected chi connectivity index (χ2v) is 5.53. The van der Waals surface area contributed by atoms with E-state index in [0.717, 1.165) is 25.9 Å². The zero-order valence-electron chi connectivity index (χ0n) is 10.2. The van der Waals surface area contributed by atoms with Gasteiger partial charge in [-0.15, -0.1) is 0 Å². The fraction of sp³-hybridized carbons (Fsp3) is 0.462. The predicted octanol–water partition coefficient (Wildman–Crippen LogP) is 2.41. The summed E-state index contributed by atoms with van der Waals surface area (Å²) in [6, 6.07) is 4.63. The highest BCUT2D eigenvalue weighted by Crippen LogP contribution is 2.17. The van der Waals surface area contributed by atoms with E-state index < -0.39 is 5.82 Å². The molecule has 1 aliphatic heterocycles. The molecule has 1 N–H and O–H groups in total. The second-order valence-electron chi connectivity index (χ2n) is 4.68. The Labute approximate surface area is 114 Å². The van der Waals surface area contributed by atoms with Gasteiger partial charge in [-0.3, -0.25) is 4.79 Å². The van der Waals surface area contributed by atoms with Gasteiger partial charge in [-0.05, 0) is 67.1 Å². The van der Waals surface area contributed by atoms with Crippen LogP contribution in [0.2, 0.25) is 0 Å². The Kier molecular flexibility index (Phi) is 4.35. The minimum Gasteiger partial charge on any atom is -0.349 e. The number of likely N-dealkylation sites (tertiary alicyclic amines) is 1. The molecule has 1 aliphatic rings. The quantitative estimate of drug-likeness (QED) is 0.909. The topological polar surface area (TPSA) is 32.3 Å². The summed E-state index contributed by atoms with van der Waals surface area (Å²) in [4.78, 5) is 14.2. The van der Waals surface area contributed by atoms with Gasteiger partial charge in [-0.1, -0.05) is 0 Å². The van der Waals surface area contributed by atoms with Crippen molar-refractivity contribution < 1.29 is 9.18 Å². The molecule has 0 saturated carbocycles. The van der Waals surface area contributed by atoms with Gasteiger partial charge in [-0.2, -0.15) is 0 Å². The van der Waals surface area contributed by atoms with Crippen LogP contribution in [0.25, 0.3) is 0 Å². The molecule has 2 rings (SSSR count). The lowest BCUT2D eigenvalue weighted by atomic mass is 10.0. The van der Waals surface area contributed by atoms with E-state index in [1.807, 2.05) is 0 Å². The van der Waals surface area contributed by atoms with Gasteiger partial charge in [0, 0.05) is 11.6 Å². The van der Waals surface area contributed by atoms with Crippen LogP contribution in [0.5, 0.6) is 0 Å². The van der Waals surface area contributed by atoms with Crippen molar-refractivity contribution in [3.63, 3.8) is 0 Å². The van der Waals surface area contributed by atoms with Gasteiger partial charge in [0.2, 0.25) is 0 Å². The number of halogens is 2. The highest BCUT2D eigenvalue weighted by Gasteiger charge is 2.19. The molecular weight excluding hydrogens is 299 g/mol. The minimum absolute atomic E-state index is 0.195. The molecule has 0 unspecified atom stereocenters. The number of hydrogen-bond acceptors (Lipinski definition) is 2. The van der Waals surface area contributed by atoms with Crippen molar-refractivity contribution >= 4 is 21.8 Å². The number of nitrogens with zero attached hydrogens (tertiary/aromatic N) is 1. The summed E-state index contributed by atoms with van der Waals surface area (Å²) in [5.74, 6) is -0.609. The molecule has 98 valence electrons. The van der Waals surface area contributed by atoms with Gasteiger partial charge in [0.1, 0.15) is 5.82 Å². The Morgan fingerprint density at radius 1 is 1.44 bits per heavy atom. The van der Waals surface area contributed by atoms with Gasteiger partial charge in [-0.25, -0.2) is 4.39 Å². The van der Waals surface area contributed by atoms with Crippen LogP contribution in [0.1, 0.15) is 23.2 Å². The lowest BCUT2D eigenvalue weighted by Gasteiger charge is -2.29. The highest BCUT2D eigenvalue weighted by molar-refractivity contribution is 9.10. The Bertz CT molecular complexity index is 445. The van der Waals surface area contributed by atoms with Gasteiger partial charge in [0.15, 0.2) is 0 Å². The Hall–Kier alpha value is -0.940. The molecule has 3 nitrogen and oxygen atoms in total. The molecule has 0 aromatic heterocycles. The Morgan fingerprint density at radius 3 is 2.72 bits per heavy atom. The molecule has 18 heavy (non-hydrogen) atoms. The van der Waals surface area contributed by atoms with Crippen molar-refractivity contribution in [2.75, 3.05) is 20.1 Å². The van der Waals surface area contributed by atoms with Crippen LogP contribution in [0.4, 0.5) is 4.39 Å². The summed E-state index contributed by atoms with van der Waals surface area (Å²) in [6.45, 7) is 1.97. The van der Waals surface area contributed by atoms with Crippen molar-refractivity contribution in [3.05, 3.63) is 34.1 Å². The molecule has 1 amide bonds. The number of piperidine rings is 1. The SMILES string of the molecule is CN1CCC(NC(=O)c2ccc(Br)c(F)c2)CC1. The first-order valence-corrected chi connectivity index (χ1v) is 6.80. The molecular formula is C13H16BrFN2O. The van der Waals surface area contributed by atoms with E-state index in [4.69, 9.17) is 0 Å². The number of benzene rings is 1. The van der Waals surface area contributed by atoms with E-state index in [0.29, 0.717) is 10.0 Å². The third-order valence-corrected chi connectivity index (χ3v) is 3.88. The third kappa shape index (κ3) is 3.29. The fourth-order valence-electron chi connectivity index (χ4n) is 2.06. The average Bonchev–Trinajstić information content (AvgIpc) is 2.35. The maximum absolute atomic E-state index is 13.3. The van der Waals surface area contributed by atoms with Crippen LogP contribution in [0.15, 0.2) is 22.7 Å². The first-order chi connectivity index (χ1) is 8.56. The van der Waals surface area contributed by atoms with Crippen LogP contribution in [0.3, 0.4) is 0 Å². The first-order valence-electron chi connectivity index (χ1n) is 6.00. The maximum atomic E-state index is 13.3. The lowest BCUT2D eigenvalue weighted by Crippen LogP contribution is -2.43. The van der Waals surface area contributed by atoms with E-state index in [9.17, 15) is 9.18 Å². The molecule has 0 aliphatic carbocycles. The summed E-state index contributed by atoms with van der Waals surface area (Å²) >= 11 is 3.07. The molecule has 0 bridgehead atoms. The molecule has 1 saturated heterocycles. The molecule has 1 heterocycles. The fourth-order valence-corrected chi connectivity index (χ4v) is 2.31. The molecule has 5 heteroatoms. The molecule has 1 aromatic rings. The van der Waals surface area contributed by atoms with E-state index in [-0.39, 0.29) is 11.9 Å². The minimum atomic E-state index is -0.411. The summed E-state index contributed by atoms with van der Waals surface area (Å²) in [6.07, 6.45) is 1.89. The van der Waals surface area contributed by atoms with E-state index in [1.165, 1.54) is 6.07 Å². The van der Waals surface area contributed by atoms with Gasteiger partial charge in [0.05, 0.1) is 4.47 Å². The molecule has 1 aromatic carbocycles. The van der Waals surface area contributed by atoms with Crippen molar-refractivity contribution in [2.24, 2.45) is 0 Å². The standard InChI is InChI=1S/C13H16BrFN2O/c1-17-6-4-10(5-7-17)16-13(18)9-2-3-11(14)12(15)8-9/h2-3,8,10H,4-7H2,1H3,(H,16,18). The molecule has 0 atom stereocenters. The molecule has 0 spiro atoms. The number of carbonyl (C=O) groups excluding carboxylic acids is 1. The largest absolute Gasteiger partial charge is 0.349 e. The van der Waals surface area contributed by atoms with Crippen molar-refractivity contribution in [1.29, 1.82) is 0 Å².